The monoisotopic (exact) mass is 256 g/mol. The molecule has 1 N–H and O–H groups in total. The molecule has 0 saturated carbocycles. The number of ether oxygens (including phenoxy) is 2. The van der Waals surface area contributed by atoms with Gasteiger partial charge in [0.15, 0.2) is 0 Å². The van der Waals surface area contributed by atoms with Gasteiger partial charge in [-0.2, -0.15) is 0 Å². The van der Waals surface area contributed by atoms with Gasteiger partial charge in [-0.15, -0.1) is 0 Å². The topological polar surface area (TPSA) is 38.7 Å². The summed E-state index contributed by atoms with van der Waals surface area (Å²) in [6.07, 6.45) is 0.208. The van der Waals surface area contributed by atoms with Crippen LogP contribution in [0.25, 0.3) is 0 Å². The highest BCUT2D eigenvalue weighted by Gasteiger charge is 2.40. The molecule has 1 heterocycles. The van der Waals surface area contributed by atoms with Crippen molar-refractivity contribution >= 4 is 0 Å². The molecule has 3 heteroatoms. The zero-order chi connectivity index (χ0) is 13.3. The van der Waals surface area contributed by atoms with Crippen LogP contribution in [-0.2, 0) is 10.5 Å². The van der Waals surface area contributed by atoms with Crippen LogP contribution < -0.4 is 4.74 Å². The highest BCUT2D eigenvalue weighted by molar-refractivity contribution is 5.39. The molecule has 2 aromatic rings. The Morgan fingerprint density at radius 2 is 1.79 bits per heavy atom. The van der Waals surface area contributed by atoms with Crippen molar-refractivity contribution in [3.8, 4) is 5.75 Å². The maximum Gasteiger partial charge on any atom is 0.237 e. The molecule has 3 rings (SSSR count). The molecule has 0 saturated heterocycles. The Balaban J connectivity index is 2.04. The lowest BCUT2D eigenvalue weighted by Gasteiger charge is -2.38. The van der Waals surface area contributed by atoms with E-state index in [-0.39, 0.29) is 6.10 Å². The third kappa shape index (κ3) is 2.11. The number of para-hydroxylation sites is 1. The summed E-state index contributed by atoms with van der Waals surface area (Å²) in [7, 11) is 1.65. The Hall–Kier alpha value is -1.84. The minimum atomic E-state index is -1.34. The zero-order valence-electron chi connectivity index (χ0n) is 10.7. The van der Waals surface area contributed by atoms with Crippen molar-refractivity contribution in [2.45, 2.75) is 18.3 Å². The summed E-state index contributed by atoms with van der Waals surface area (Å²) in [5.41, 5.74) is 1.72. The SMILES string of the molecule is COC1CC(O)(c2ccccc2)Oc2ccccc21. The van der Waals surface area contributed by atoms with E-state index < -0.39 is 5.79 Å². The predicted octanol–water partition coefficient (Wildman–Crippen LogP) is 3.00. The first-order valence-corrected chi connectivity index (χ1v) is 6.31. The summed E-state index contributed by atoms with van der Waals surface area (Å²) in [5, 5.41) is 10.8. The van der Waals surface area contributed by atoms with Crippen molar-refractivity contribution in [1.82, 2.24) is 0 Å². The van der Waals surface area contributed by atoms with E-state index in [1.807, 2.05) is 54.6 Å². The van der Waals surface area contributed by atoms with Crippen LogP contribution in [0.4, 0.5) is 0 Å². The van der Waals surface area contributed by atoms with Gasteiger partial charge in [0.25, 0.3) is 0 Å². The van der Waals surface area contributed by atoms with Crippen molar-refractivity contribution in [3.63, 3.8) is 0 Å². The molecule has 0 bridgehead atoms. The molecule has 1 aliphatic heterocycles. The van der Waals surface area contributed by atoms with Gasteiger partial charge in [0, 0.05) is 24.7 Å². The number of benzene rings is 2. The Bertz CT molecular complexity index is 567. The largest absolute Gasteiger partial charge is 0.458 e. The number of aliphatic hydroxyl groups is 1. The van der Waals surface area contributed by atoms with Crippen molar-refractivity contribution in [3.05, 3.63) is 65.7 Å². The summed E-state index contributed by atoms with van der Waals surface area (Å²) in [6.45, 7) is 0. The van der Waals surface area contributed by atoms with Crippen LogP contribution in [-0.4, -0.2) is 12.2 Å². The van der Waals surface area contributed by atoms with E-state index in [9.17, 15) is 5.11 Å². The second-order valence-electron chi connectivity index (χ2n) is 4.72. The summed E-state index contributed by atoms with van der Waals surface area (Å²) in [6, 6.07) is 17.1. The molecule has 2 unspecified atom stereocenters. The minimum absolute atomic E-state index is 0.171. The van der Waals surface area contributed by atoms with Gasteiger partial charge in [0.2, 0.25) is 5.79 Å². The van der Waals surface area contributed by atoms with Crippen molar-refractivity contribution < 1.29 is 14.6 Å². The second kappa shape index (κ2) is 4.68. The first-order valence-electron chi connectivity index (χ1n) is 6.31. The fourth-order valence-corrected chi connectivity index (χ4v) is 2.51. The van der Waals surface area contributed by atoms with E-state index >= 15 is 0 Å². The Kier molecular flexibility index (Phi) is 3.01. The van der Waals surface area contributed by atoms with Gasteiger partial charge in [0.05, 0.1) is 6.10 Å². The zero-order valence-corrected chi connectivity index (χ0v) is 10.7. The number of methoxy groups -OCH3 is 1. The van der Waals surface area contributed by atoms with Crippen LogP contribution in [0.2, 0.25) is 0 Å². The first kappa shape index (κ1) is 12.2. The van der Waals surface area contributed by atoms with Crippen LogP contribution in [0.15, 0.2) is 54.6 Å². The molecule has 0 aliphatic carbocycles. The van der Waals surface area contributed by atoms with Crippen LogP contribution in [0.3, 0.4) is 0 Å². The number of rotatable bonds is 2. The van der Waals surface area contributed by atoms with Crippen LogP contribution in [0.5, 0.6) is 5.75 Å². The predicted molar refractivity (Wildman–Crippen MR) is 71.8 cm³/mol. The van der Waals surface area contributed by atoms with E-state index in [4.69, 9.17) is 9.47 Å². The molecule has 1 aliphatic rings. The molecule has 0 aromatic heterocycles. The van der Waals surface area contributed by atoms with E-state index in [1.54, 1.807) is 7.11 Å². The third-order valence-corrected chi connectivity index (χ3v) is 3.52. The van der Waals surface area contributed by atoms with Crippen molar-refractivity contribution in [2.75, 3.05) is 7.11 Å². The highest BCUT2D eigenvalue weighted by Crippen LogP contribution is 2.44. The molecule has 0 fully saturated rings. The van der Waals surface area contributed by atoms with Gasteiger partial charge in [0.1, 0.15) is 5.75 Å². The van der Waals surface area contributed by atoms with Gasteiger partial charge in [-0.1, -0.05) is 48.5 Å². The molecule has 0 amide bonds. The van der Waals surface area contributed by atoms with Crippen LogP contribution in [0.1, 0.15) is 23.7 Å². The molecule has 3 nitrogen and oxygen atoms in total. The maximum atomic E-state index is 10.8. The molecule has 0 radical (unpaired) electrons. The Morgan fingerprint density at radius 3 is 2.53 bits per heavy atom. The molecule has 0 spiro atoms. The van der Waals surface area contributed by atoms with E-state index in [1.165, 1.54) is 0 Å². The van der Waals surface area contributed by atoms with Crippen LogP contribution in [0, 0.1) is 0 Å². The fourth-order valence-electron chi connectivity index (χ4n) is 2.51. The molecular weight excluding hydrogens is 240 g/mol. The van der Waals surface area contributed by atoms with Gasteiger partial charge in [-0.25, -0.2) is 0 Å². The lowest BCUT2D eigenvalue weighted by molar-refractivity contribution is -0.185. The fraction of sp³-hybridized carbons (Fsp3) is 0.250. The summed E-state index contributed by atoms with van der Waals surface area (Å²) >= 11 is 0. The van der Waals surface area contributed by atoms with Crippen molar-refractivity contribution in [2.24, 2.45) is 0 Å². The molecular formula is C16H16O3. The maximum absolute atomic E-state index is 10.8. The molecule has 2 atom stereocenters. The second-order valence-corrected chi connectivity index (χ2v) is 4.72. The standard InChI is InChI=1S/C16H16O3/c1-18-15-11-16(17,12-7-3-2-4-8-12)19-14-10-6-5-9-13(14)15/h2-10,15,17H,11H2,1H3. The lowest BCUT2D eigenvalue weighted by Crippen LogP contribution is -2.38. The molecule has 19 heavy (non-hydrogen) atoms. The summed E-state index contributed by atoms with van der Waals surface area (Å²) in [4.78, 5) is 0. The first-order chi connectivity index (χ1) is 9.23. The number of hydrogen-bond donors (Lipinski definition) is 1. The van der Waals surface area contributed by atoms with Gasteiger partial charge in [-0.3, -0.25) is 0 Å². The van der Waals surface area contributed by atoms with Gasteiger partial charge < -0.3 is 14.6 Å². The lowest BCUT2D eigenvalue weighted by atomic mass is 9.92. The average Bonchev–Trinajstić information content (AvgIpc) is 2.47. The Labute approximate surface area is 112 Å². The highest BCUT2D eigenvalue weighted by atomic mass is 16.6. The Morgan fingerprint density at radius 1 is 1.11 bits per heavy atom. The normalized spacial score (nSPS) is 25.5. The quantitative estimate of drug-likeness (QED) is 0.897. The molecule has 98 valence electrons. The van der Waals surface area contributed by atoms with E-state index in [0.29, 0.717) is 12.2 Å². The molecule has 2 aromatic carbocycles. The minimum Gasteiger partial charge on any atom is -0.458 e. The van der Waals surface area contributed by atoms with Crippen molar-refractivity contribution in [1.29, 1.82) is 0 Å². The third-order valence-electron chi connectivity index (χ3n) is 3.52. The smallest absolute Gasteiger partial charge is 0.237 e. The van der Waals surface area contributed by atoms with Gasteiger partial charge in [-0.05, 0) is 6.07 Å². The van der Waals surface area contributed by atoms with E-state index in [0.717, 1.165) is 11.1 Å². The van der Waals surface area contributed by atoms with E-state index in [2.05, 4.69) is 0 Å². The van der Waals surface area contributed by atoms with Crippen LogP contribution >= 0.6 is 0 Å². The number of fused-ring (bicyclic) bond motifs is 1. The average molecular weight is 256 g/mol. The summed E-state index contributed by atoms with van der Waals surface area (Å²) in [5.74, 6) is -0.664. The van der Waals surface area contributed by atoms with Gasteiger partial charge >= 0.3 is 0 Å². The summed E-state index contributed by atoms with van der Waals surface area (Å²) < 4.78 is 11.3. The number of hydrogen-bond acceptors (Lipinski definition) is 3.